The second-order valence-electron chi connectivity index (χ2n) is 5.71. The van der Waals surface area contributed by atoms with Crippen LogP contribution < -0.4 is 5.32 Å². The van der Waals surface area contributed by atoms with Crippen LogP contribution in [0.1, 0.15) is 31.7 Å². The zero-order chi connectivity index (χ0) is 14.9. The molecule has 5 heteroatoms. The Morgan fingerprint density at radius 3 is 2.50 bits per heavy atom. The van der Waals surface area contributed by atoms with Gasteiger partial charge in [-0.2, -0.15) is 0 Å². The van der Waals surface area contributed by atoms with Crippen LogP contribution in [0.3, 0.4) is 0 Å². The summed E-state index contributed by atoms with van der Waals surface area (Å²) in [6, 6.07) is 5.39. The van der Waals surface area contributed by atoms with E-state index < -0.39 is 6.10 Å². The molecule has 0 spiro atoms. The number of benzene rings is 1. The molecule has 1 aliphatic carbocycles. The fraction of sp³-hybridized carbons (Fsp3) is 0.533. The van der Waals surface area contributed by atoms with E-state index in [1.54, 1.807) is 6.07 Å². The van der Waals surface area contributed by atoms with Gasteiger partial charge in [-0.25, -0.2) is 0 Å². The van der Waals surface area contributed by atoms with Gasteiger partial charge < -0.3 is 10.4 Å². The number of hydrogen-bond donors (Lipinski definition) is 2. The SMILES string of the molecule is CC(C)C(O)CNC(=O)C1CC1c1cc(Cl)cc(Cl)c1. The van der Waals surface area contributed by atoms with Gasteiger partial charge in [-0.15, -0.1) is 0 Å². The number of rotatable bonds is 5. The van der Waals surface area contributed by atoms with Crippen LogP contribution in [0.15, 0.2) is 18.2 Å². The quantitative estimate of drug-likeness (QED) is 0.876. The highest BCUT2D eigenvalue weighted by molar-refractivity contribution is 6.34. The van der Waals surface area contributed by atoms with Crippen molar-refractivity contribution in [2.24, 2.45) is 11.8 Å². The van der Waals surface area contributed by atoms with E-state index >= 15 is 0 Å². The Balaban J connectivity index is 1.89. The molecule has 1 amide bonds. The van der Waals surface area contributed by atoms with Crippen molar-refractivity contribution in [1.29, 1.82) is 0 Å². The number of aliphatic hydroxyl groups excluding tert-OH is 1. The second-order valence-corrected chi connectivity index (χ2v) is 6.58. The molecule has 1 aliphatic rings. The number of nitrogens with one attached hydrogen (secondary N) is 1. The van der Waals surface area contributed by atoms with Crippen molar-refractivity contribution in [3.05, 3.63) is 33.8 Å². The summed E-state index contributed by atoms with van der Waals surface area (Å²) in [7, 11) is 0. The van der Waals surface area contributed by atoms with Gasteiger partial charge in [0.1, 0.15) is 0 Å². The zero-order valence-corrected chi connectivity index (χ0v) is 13.1. The first-order valence-corrected chi connectivity index (χ1v) is 7.56. The first-order chi connectivity index (χ1) is 9.38. The molecule has 3 unspecified atom stereocenters. The Bertz CT molecular complexity index is 484. The predicted molar refractivity (Wildman–Crippen MR) is 81.2 cm³/mol. The van der Waals surface area contributed by atoms with Crippen molar-refractivity contribution < 1.29 is 9.90 Å². The normalized spacial score (nSPS) is 22.7. The van der Waals surface area contributed by atoms with E-state index in [0.29, 0.717) is 16.6 Å². The summed E-state index contributed by atoms with van der Waals surface area (Å²) in [5.41, 5.74) is 1.01. The van der Waals surface area contributed by atoms with Gasteiger partial charge in [-0.1, -0.05) is 37.0 Å². The third-order valence-corrected chi connectivity index (χ3v) is 4.13. The molecule has 0 aliphatic heterocycles. The summed E-state index contributed by atoms with van der Waals surface area (Å²) in [6.07, 6.45) is 0.303. The summed E-state index contributed by atoms with van der Waals surface area (Å²) >= 11 is 11.9. The molecule has 0 radical (unpaired) electrons. The Hall–Kier alpha value is -0.770. The first-order valence-electron chi connectivity index (χ1n) is 6.80. The van der Waals surface area contributed by atoms with Crippen LogP contribution in [0, 0.1) is 11.8 Å². The Kier molecular flexibility index (Phi) is 4.95. The van der Waals surface area contributed by atoms with Gasteiger partial charge in [-0.3, -0.25) is 4.79 Å². The van der Waals surface area contributed by atoms with Gasteiger partial charge in [0, 0.05) is 22.5 Å². The van der Waals surface area contributed by atoms with E-state index in [2.05, 4.69) is 5.32 Å². The van der Waals surface area contributed by atoms with Crippen molar-refractivity contribution in [2.45, 2.75) is 32.3 Å². The Morgan fingerprint density at radius 2 is 1.95 bits per heavy atom. The van der Waals surface area contributed by atoms with Crippen LogP contribution in [0.25, 0.3) is 0 Å². The third-order valence-electron chi connectivity index (χ3n) is 3.70. The standard InChI is InChI=1S/C15H19Cl2NO2/c1-8(2)14(19)7-18-15(20)13-6-12(13)9-3-10(16)5-11(17)4-9/h3-5,8,12-14,19H,6-7H2,1-2H3,(H,18,20). The van der Waals surface area contributed by atoms with E-state index in [-0.39, 0.29) is 23.7 Å². The molecule has 0 bridgehead atoms. The topological polar surface area (TPSA) is 49.3 Å². The van der Waals surface area contributed by atoms with E-state index in [0.717, 1.165) is 12.0 Å². The molecule has 2 N–H and O–H groups in total. The third kappa shape index (κ3) is 3.87. The Morgan fingerprint density at radius 1 is 1.35 bits per heavy atom. The highest BCUT2D eigenvalue weighted by Gasteiger charge is 2.44. The maximum Gasteiger partial charge on any atom is 0.223 e. The summed E-state index contributed by atoms with van der Waals surface area (Å²) in [4.78, 5) is 12.0. The molecular formula is C15H19Cl2NO2. The molecule has 110 valence electrons. The van der Waals surface area contributed by atoms with Crippen LogP contribution in [0.2, 0.25) is 10.0 Å². The zero-order valence-electron chi connectivity index (χ0n) is 11.6. The molecule has 1 saturated carbocycles. The van der Waals surface area contributed by atoms with E-state index in [1.165, 1.54) is 0 Å². The molecule has 3 atom stereocenters. The van der Waals surface area contributed by atoms with Gasteiger partial charge in [0.15, 0.2) is 0 Å². The number of amides is 1. The van der Waals surface area contributed by atoms with Gasteiger partial charge in [0.05, 0.1) is 6.10 Å². The van der Waals surface area contributed by atoms with Gasteiger partial charge in [-0.05, 0) is 42.0 Å². The highest BCUT2D eigenvalue weighted by Crippen LogP contribution is 2.48. The van der Waals surface area contributed by atoms with Crippen molar-refractivity contribution in [3.63, 3.8) is 0 Å². The van der Waals surface area contributed by atoms with Crippen LogP contribution in [0.4, 0.5) is 0 Å². The lowest BCUT2D eigenvalue weighted by Gasteiger charge is -2.15. The highest BCUT2D eigenvalue weighted by atomic mass is 35.5. The molecular weight excluding hydrogens is 297 g/mol. The number of carbonyl (C=O) groups excluding carboxylic acids is 1. The molecule has 3 nitrogen and oxygen atoms in total. The van der Waals surface area contributed by atoms with Crippen molar-refractivity contribution in [3.8, 4) is 0 Å². The van der Waals surface area contributed by atoms with Crippen LogP contribution in [-0.2, 0) is 4.79 Å². The molecule has 1 fully saturated rings. The molecule has 1 aromatic carbocycles. The Labute approximate surface area is 129 Å². The number of carbonyl (C=O) groups is 1. The molecule has 0 heterocycles. The molecule has 20 heavy (non-hydrogen) atoms. The van der Waals surface area contributed by atoms with Gasteiger partial charge >= 0.3 is 0 Å². The molecule has 1 aromatic rings. The lowest BCUT2D eigenvalue weighted by molar-refractivity contribution is -0.123. The molecule has 2 rings (SSSR count). The maximum atomic E-state index is 12.0. The van der Waals surface area contributed by atoms with Crippen LogP contribution in [-0.4, -0.2) is 23.7 Å². The minimum Gasteiger partial charge on any atom is -0.391 e. The average Bonchev–Trinajstić information content (AvgIpc) is 3.14. The summed E-state index contributed by atoms with van der Waals surface area (Å²) in [5.74, 6) is 0.272. The largest absolute Gasteiger partial charge is 0.391 e. The fourth-order valence-corrected chi connectivity index (χ4v) is 2.76. The lowest BCUT2D eigenvalue weighted by atomic mass is 10.1. The van der Waals surface area contributed by atoms with E-state index in [1.807, 2.05) is 26.0 Å². The summed E-state index contributed by atoms with van der Waals surface area (Å²) in [6.45, 7) is 4.14. The summed E-state index contributed by atoms with van der Waals surface area (Å²) < 4.78 is 0. The molecule has 0 aromatic heterocycles. The van der Waals surface area contributed by atoms with Crippen LogP contribution in [0.5, 0.6) is 0 Å². The van der Waals surface area contributed by atoms with Crippen molar-refractivity contribution >= 4 is 29.1 Å². The average molecular weight is 316 g/mol. The minimum atomic E-state index is -0.503. The second kappa shape index (κ2) is 6.33. The smallest absolute Gasteiger partial charge is 0.223 e. The number of hydrogen-bond acceptors (Lipinski definition) is 2. The monoisotopic (exact) mass is 315 g/mol. The van der Waals surface area contributed by atoms with E-state index in [4.69, 9.17) is 23.2 Å². The molecule has 0 saturated heterocycles. The lowest BCUT2D eigenvalue weighted by Crippen LogP contribution is -2.35. The van der Waals surface area contributed by atoms with Crippen molar-refractivity contribution in [1.82, 2.24) is 5.32 Å². The minimum absolute atomic E-state index is 0.00852. The fourth-order valence-electron chi connectivity index (χ4n) is 2.21. The van der Waals surface area contributed by atoms with Gasteiger partial charge in [0.2, 0.25) is 5.91 Å². The number of halogens is 2. The first kappa shape index (κ1) is 15.6. The maximum absolute atomic E-state index is 12.0. The predicted octanol–water partition coefficient (Wildman–Crippen LogP) is 3.23. The van der Waals surface area contributed by atoms with Gasteiger partial charge in [0.25, 0.3) is 0 Å². The number of aliphatic hydroxyl groups is 1. The van der Waals surface area contributed by atoms with E-state index in [9.17, 15) is 9.90 Å². The summed E-state index contributed by atoms with van der Waals surface area (Å²) in [5, 5.41) is 13.7. The van der Waals surface area contributed by atoms with Crippen LogP contribution >= 0.6 is 23.2 Å². The van der Waals surface area contributed by atoms with Crippen molar-refractivity contribution in [2.75, 3.05) is 6.54 Å².